The summed E-state index contributed by atoms with van der Waals surface area (Å²) in [5, 5.41) is 12.0. The number of ether oxygens (including phenoxy) is 1. The van der Waals surface area contributed by atoms with E-state index < -0.39 is 5.97 Å². The molecule has 0 radical (unpaired) electrons. The van der Waals surface area contributed by atoms with Crippen LogP contribution in [0.1, 0.15) is 44.6 Å². The predicted molar refractivity (Wildman–Crippen MR) is 99.0 cm³/mol. The van der Waals surface area contributed by atoms with Crippen LogP contribution in [0, 0.1) is 23.2 Å². The molecule has 5 heteroatoms. The van der Waals surface area contributed by atoms with Gasteiger partial charge in [0.05, 0.1) is 12.5 Å². The lowest BCUT2D eigenvalue weighted by Crippen LogP contribution is -2.47. The number of nitrogens with one attached hydrogen (secondary N) is 1. The molecule has 2 aliphatic carbocycles. The average molecular weight is 359 g/mol. The summed E-state index contributed by atoms with van der Waals surface area (Å²) in [6, 6.07) is 7.98. The Hall–Kier alpha value is -2.04. The smallest absolute Gasteiger partial charge is 0.303 e. The van der Waals surface area contributed by atoms with Crippen LogP contribution < -0.4 is 10.1 Å². The van der Waals surface area contributed by atoms with Crippen LogP contribution in [0.3, 0.4) is 0 Å². The number of hydrogen-bond acceptors (Lipinski definition) is 3. The second kappa shape index (κ2) is 7.68. The number of fused-ring (bicyclic) bond motifs is 2. The number of benzene rings is 1. The third kappa shape index (κ3) is 3.87. The zero-order valence-corrected chi connectivity index (χ0v) is 15.7. The van der Waals surface area contributed by atoms with E-state index in [0.717, 1.165) is 37.0 Å². The van der Waals surface area contributed by atoms with Gasteiger partial charge in [-0.25, -0.2) is 0 Å². The van der Waals surface area contributed by atoms with Crippen molar-refractivity contribution in [3.63, 3.8) is 0 Å². The van der Waals surface area contributed by atoms with E-state index in [1.54, 1.807) is 7.11 Å². The van der Waals surface area contributed by atoms with Gasteiger partial charge < -0.3 is 15.2 Å². The second-order valence-electron chi connectivity index (χ2n) is 8.18. The fourth-order valence-corrected chi connectivity index (χ4v) is 4.98. The first-order chi connectivity index (χ1) is 12.4. The molecule has 4 unspecified atom stereocenters. The Morgan fingerprint density at radius 2 is 2.19 bits per heavy atom. The fraction of sp³-hybridized carbons (Fsp3) is 0.619. The predicted octanol–water partition coefficient (Wildman–Crippen LogP) is 3.27. The molecule has 2 aliphatic rings. The molecule has 0 heterocycles. The summed E-state index contributed by atoms with van der Waals surface area (Å²) < 4.78 is 5.33. The summed E-state index contributed by atoms with van der Waals surface area (Å²) >= 11 is 0. The number of carboxylic acids is 1. The number of carbonyl (C=O) groups is 2. The van der Waals surface area contributed by atoms with Gasteiger partial charge >= 0.3 is 5.97 Å². The molecule has 0 saturated heterocycles. The van der Waals surface area contributed by atoms with Gasteiger partial charge in [0.15, 0.2) is 0 Å². The van der Waals surface area contributed by atoms with Crippen molar-refractivity contribution in [1.82, 2.24) is 5.32 Å². The maximum absolute atomic E-state index is 13.2. The SMILES string of the molecule is COc1cccc(CC2(C(=O)NCC(C)CC(=O)O)CC3CCC2C3)c1. The minimum atomic E-state index is -0.822. The quantitative estimate of drug-likeness (QED) is 0.747. The van der Waals surface area contributed by atoms with Gasteiger partial charge in [-0.1, -0.05) is 25.5 Å². The van der Waals surface area contributed by atoms with E-state index in [2.05, 4.69) is 11.4 Å². The Labute approximate surface area is 155 Å². The van der Waals surface area contributed by atoms with Crippen LogP contribution >= 0.6 is 0 Å². The van der Waals surface area contributed by atoms with Crippen LogP contribution in [0.2, 0.25) is 0 Å². The zero-order chi connectivity index (χ0) is 18.7. The summed E-state index contributed by atoms with van der Waals surface area (Å²) in [6.07, 6.45) is 5.23. The van der Waals surface area contributed by atoms with Crippen molar-refractivity contribution in [2.75, 3.05) is 13.7 Å². The Balaban J connectivity index is 1.74. The summed E-state index contributed by atoms with van der Waals surface area (Å²) in [5.74, 6) is 1.10. The summed E-state index contributed by atoms with van der Waals surface area (Å²) in [5.41, 5.74) is 0.767. The summed E-state index contributed by atoms with van der Waals surface area (Å²) in [4.78, 5) is 24.1. The number of rotatable bonds is 8. The highest BCUT2D eigenvalue weighted by atomic mass is 16.5. The highest BCUT2D eigenvalue weighted by Crippen LogP contribution is 2.57. The number of hydrogen-bond donors (Lipinski definition) is 2. The molecule has 1 aromatic rings. The van der Waals surface area contributed by atoms with E-state index in [0.29, 0.717) is 18.4 Å². The molecule has 2 saturated carbocycles. The Morgan fingerprint density at radius 1 is 1.38 bits per heavy atom. The molecule has 1 amide bonds. The normalized spacial score (nSPS) is 27.9. The number of aliphatic carboxylic acids is 1. The van der Waals surface area contributed by atoms with Crippen molar-refractivity contribution in [1.29, 1.82) is 0 Å². The van der Waals surface area contributed by atoms with Crippen LogP contribution in [-0.4, -0.2) is 30.6 Å². The van der Waals surface area contributed by atoms with Crippen molar-refractivity contribution < 1.29 is 19.4 Å². The molecule has 2 fully saturated rings. The van der Waals surface area contributed by atoms with E-state index in [1.807, 2.05) is 25.1 Å². The maximum atomic E-state index is 13.2. The van der Waals surface area contributed by atoms with E-state index >= 15 is 0 Å². The first kappa shape index (κ1) is 18.7. The third-order valence-corrected chi connectivity index (χ3v) is 6.22. The molecule has 26 heavy (non-hydrogen) atoms. The van der Waals surface area contributed by atoms with Crippen molar-refractivity contribution in [2.24, 2.45) is 23.2 Å². The van der Waals surface area contributed by atoms with E-state index in [-0.39, 0.29) is 23.7 Å². The van der Waals surface area contributed by atoms with Crippen LogP contribution in [0.4, 0.5) is 0 Å². The van der Waals surface area contributed by atoms with Crippen LogP contribution in [-0.2, 0) is 16.0 Å². The molecule has 1 aromatic carbocycles. The summed E-state index contributed by atoms with van der Waals surface area (Å²) in [7, 11) is 1.66. The van der Waals surface area contributed by atoms with Gasteiger partial charge in [0.1, 0.15) is 5.75 Å². The van der Waals surface area contributed by atoms with Gasteiger partial charge in [-0.3, -0.25) is 9.59 Å². The molecular formula is C21H29NO4. The second-order valence-corrected chi connectivity index (χ2v) is 8.18. The molecule has 0 aliphatic heterocycles. The molecule has 0 spiro atoms. The van der Waals surface area contributed by atoms with Gasteiger partial charge in [-0.15, -0.1) is 0 Å². The highest BCUT2D eigenvalue weighted by molar-refractivity contribution is 5.84. The number of methoxy groups -OCH3 is 1. The van der Waals surface area contributed by atoms with Gasteiger partial charge in [-0.05, 0) is 61.1 Å². The van der Waals surface area contributed by atoms with E-state index in [4.69, 9.17) is 9.84 Å². The van der Waals surface area contributed by atoms with E-state index in [1.165, 1.54) is 6.42 Å². The monoisotopic (exact) mass is 359 g/mol. The van der Waals surface area contributed by atoms with Crippen molar-refractivity contribution in [3.8, 4) is 5.75 Å². The first-order valence-corrected chi connectivity index (χ1v) is 9.56. The highest BCUT2D eigenvalue weighted by Gasteiger charge is 2.55. The minimum absolute atomic E-state index is 0.0658. The molecule has 2 N–H and O–H groups in total. The van der Waals surface area contributed by atoms with Gasteiger partial charge in [0.25, 0.3) is 0 Å². The van der Waals surface area contributed by atoms with Gasteiger partial charge in [0.2, 0.25) is 5.91 Å². The fourth-order valence-electron chi connectivity index (χ4n) is 4.98. The lowest BCUT2D eigenvalue weighted by molar-refractivity contribution is -0.139. The number of carbonyl (C=O) groups excluding carboxylic acids is 1. The number of amides is 1. The van der Waals surface area contributed by atoms with Crippen LogP contribution in [0.25, 0.3) is 0 Å². The van der Waals surface area contributed by atoms with Gasteiger partial charge in [0, 0.05) is 13.0 Å². The van der Waals surface area contributed by atoms with Crippen LogP contribution in [0.5, 0.6) is 5.75 Å². The lowest BCUT2D eigenvalue weighted by atomic mass is 9.68. The molecule has 0 aromatic heterocycles. The maximum Gasteiger partial charge on any atom is 0.303 e. The molecule has 142 valence electrons. The molecule has 2 bridgehead atoms. The molecular weight excluding hydrogens is 330 g/mol. The molecule has 4 atom stereocenters. The molecule has 5 nitrogen and oxygen atoms in total. The first-order valence-electron chi connectivity index (χ1n) is 9.56. The minimum Gasteiger partial charge on any atom is -0.497 e. The zero-order valence-electron chi connectivity index (χ0n) is 15.7. The lowest BCUT2D eigenvalue weighted by Gasteiger charge is -2.37. The Morgan fingerprint density at radius 3 is 2.81 bits per heavy atom. The van der Waals surface area contributed by atoms with Crippen LogP contribution in [0.15, 0.2) is 24.3 Å². The number of carboxylic acid groups (broad SMARTS) is 1. The third-order valence-electron chi connectivity index (χ3n) is 6.22. The van der Waals surface area contributed by atoms with Crippen molar-refractivity contribution in [3.05, 3.63) is 29.8 Å². The largest absolute Gasteiger partial charge is 0.497 e. The molecule has 3 rings (SSSR count). The summed E-state index contributed by atoms with van der Waals surface area (Å²) in [6.45, 7) is 2.28. The van der Waals surface area contributed by atoms with Gasteiger partial charge in [-0.2, -0.15) is 0 Å². The standard InChI is InChI=1S/C21H29NO4/c1-14(8-19(23)24)13-22-20(25)21(12-16-6-7-17(21)9-16)11-15-4-3-5-18(10-15)26-2/h3-5,10,14,16-17H,6-9,11-13H2,1-2H3,(H,22,25)(H,23,24). The van der Waals surface area contributed by atoms with E-state index in [9.17, 15) is 9.59 Å². The van der Waals surface area contributed by atoms with Crippen molar-refractivity contribution in [2.45, 2.75) is 45.4 Å². The Kier molecular flexibility index (Phi) is 5.54. The topological polar surface area (TPSA) is 75.6 Å². The average Bonchev–Trinajstić information content (AvgIpc) is 3.21. The van der Waals surface area contributed by atoms with Crippen molar-refractivity contribution >= 4 is 11.9 Å². The Bertz CT molecular complexity index is 674.